The van der Waals surface area contributed by atoms with Crippen molar-refractivity contribution in [3.8, 4) is 0 Å². The summed E-state index contributed by atoms with van der Waals surface area (Å²) in [4.78, 5) is 30.7. The van der Waals surface area contributed by atoms with E-state index in [0.29, 0.717) is 18.7 Å². The van der Waals surface area contributed by atoms with Crippen LogP contribution in [0.2, 0.25) is 0 Å². The number of rotatable bonds is 2. The lowest BCUT2D eigenvalue weighted by molar-refractivity contribution is -0.153. The molecule has 2 heterocycles. The van der Waals surface area contributed by atoms with Gasteiger partial charge in [0.1, 0.15) is 0 Å². The lowest BCUT2D eigenvalue weighted by atomic mass is 10.0. The van der Waals surface area contributed by atoms with Crippen molar-refractivity contribution in [1.29, 1.82) is 0 Å². The first-order chi connectivity index (χ1) is 11.0. The van der Waals surface area contributed by atoms with E-state index in [-0.39, 0.29) is 18.4 Å². The third-order valence-corrected chi connectivity index (χ3v) is 4.12. The number of fused-ring (bicyclic) bond motifs is 1. The van der Waals surface area contributed by atoms with E-state index in [9.17, 15) is 9.59 Å². The molecule has 2 amide bonds. The second-order valence-corrected chi connectivity index (χ2v) is 5.80. The summed E-state index contributed by atoms with van der Waals surface area (Å²) < 4.78 is 5.59. The highest BCUT2D eigenvalue weighted by atomic mass is 16.5. The van der Waals surface area contributed by atoms with Crippen LogP contribution in [0.3, 0.4) is 0 Å². The standard InChI is InChI=1S/C17H19N3O3/c1-17(16(22)18-2)11-20(8-9-23-17)15(21)13-5-6-14-12(10-13)4-3-7-19-14/h3-7,10H,8-9,11H2,1-2H3,(H,18,22). The van der Waals surface area contributed by atoms with Gasteiger partial charge in [-0.25, -0.2) is 0 Å². The number of hydrogen-bond acceptors (Lipinski definition) is 4. The first kappa shape index (κ1) is 15.4. The van der Waals surface area contributed by atoms with E-state index in [2.05, 4.69) is 10.3 Å². The quantitative estimate of drug-likeness (QED) is 0.905. The highest BCUT2D eigenvalue weighted by Crippen LogP contribution is 2.21. The summed E-state index contributed by atoms with van der Waals surface area (Å²) in [6.45, 7) is 2.74. The Labute approximate surface area is 134 Å². The van der Waals surface area contributed by atoms with Crippen LogP contribution in [0, 0.1) is 0 Å². The molecule has 1 saturated heterocycles. The van der Waals surface area contributed by atoms with Gasteiger partial charge < -0.3 is 15.0 Å². The number of nitrogens with one attached hydrogen (secondary N) is 1. The molecule has 0 spiro atoms. The van der Waals surface area contributed by atoms with Gasteiger partial charge in [0.05, 0.1) is 18.7 Å². The zero-order valence-electron chi connectivity index (χ0n) is 13.2. The zero-order valence-corrected chi connectivity index (χ0v) is 13.2. The van der Waals surface area contributed by atoms with Crippen molar-refractivity contribution in [2.45, 2.75) is 12.5 Å². The van der Waals surface area contributed by atoms with Gasteiger partial charge in [-0.15, -0.1) is 0 Å². The second-order valence-electron chi connectivity index (χ2n) is 5.80. The minimum absolute atomic E-state index is 0.103. The van der Waals surface area contributed by atoms with Gasteiger partial charge in [-0.3, -0.25) is 14.6 Å². The fraction of sp³-hybridized carbons (Fsp3) is 0.353. The number of benzene rings is 1. The molecule has 6 nitrogen and oxygen atoms in total. The highest BCUT2D eigenvalue weighted by molar-refractivity contribution is 5.98. The molecule has 1 aliphatic heterocycles. The van der Waals surface area contributed by atoms with Crippen LogP contribution in [0.4, 0.5) is 0 Å². The molecule has 2 aromatic rings. The smallest absolute Gasteiger partial charge is 0.254 e. The number of carbonyl (C=O) groups is 2. The first-order valence-corrected chi connectivity index (χ1v) is 7.54. The lowest BCUT2D eigenvalue weighted by Crippen LogP contribution is -2.58. The summed E-state index contributed by atoms with van der Waals surface area (Å²) in [7, 11) is 1.56. The summed E-state index contributed by atoms with van der Waals surface area (Å²) in [5.74, 6) is -0.327. The average Bonchev–Trinajstić information content (AvgIpc) is 2.60. The molecule has 0 bridgehead atoms. The van der Waals surface area contributed by atoms with Gasteiger partial charge in [-0.1, -0.05) is 6.07 Å². The molecule has 1 aromatic heterocycles. The molecule has 1 fully saturated rings. The van der Waals surface area contributed by atoms with Gasteiger partial charge in [-0.05, 0) is 31.2 Å². The molecule has 0 saturated carbocycles. The zero-order chi connectivity index (χ0) is 16.4. The Hall–Kier alpha value is -2.47. The van der Waals surface area contributed by atoms with E-state index in [1.807, 2.05) is 24.3 Å². The van der Waals surface area contributed by atoms with E-state index in [4.69, 9.17) is 4.74 Å². The van der Waals surface area contributed by atoms with Crippen molar-refractivity contribution in [3.63, 3.8) is 0 Å². The van der Waals surface area contributed by atoms with E-state index in [0.717, 1.165) is 10.9 Å². The van der Waals surface area contributed by atoms with Gasteiger partial charge in [0, 0.05) is 30.7 Å². The predicted octanol–water partition coefficient (Wildman–Crippen LogP) is 1.21. The van der Waals surface area contributed by atoms with Crippen LogP contribution in [-0.4, -0.2) is 54.0 Å². The van der Waals surface area contributed by atoms with Gasteiger partial charge in [-0.2, -0.15) is 0 Å². The van der Waals surface area contributed by atoms with Crippen molar-refractivity contribution in [1.82, 2.24) is 15.2 Å². The molecular weight excluding hydrogens is 294 g/mol. The van der Waals surface area contributed by atoms with Crippen LogP contribution in [0.1, 0.15) is 17.3 Å². The first-order valence-electron chi connectivity index (χ1n) is 7.54. The number of carbonyl (C=O) groups excluding carboxylic acids is 2. The minimum atomic E-state index is -1.01. The number of morpholine rings is 1. The van der Waals surface area contributed by atoms with Crippen molar-refractivity contribution in [2.75, 3.05) is 26.7 Å². The summed E-state index contributed by atoms with van der Waals surface area (Å²) in [6, 6.07) is 9.20. The van der Waals surface area contributed by atoms with Gasteiger partial charge >= 0.3 is 0 Å². The summed E-state index contributed by atoms with van der Waals surface area (Å²) in [5.41, 5.74) is 0.425. The fourth-order valence-electron chi connectivity index (χ4n) is 2.84. The van der Waals surface area contributed by atoms with Crippen molar-refractivity contribution in [2.24, 2.45) is 0 Å². The SMILES string of the molecule is CNC(=O)C1(C)CN(C(=O)c2ccc3ncccc3c2)CCO1. The molecule has 1 atom stereocenters. The van der Waals surface area contributed by atoms with E-state index in [1.165, 1.54) is 0 Å². The maximum atomic E-state index is 12.8. The Balaban J connectivity index is 1.85. The molecule has 3 rings (SSSR count). The Morgan fingerprint density at radius 1 is 1.35 bits per heavy atom. The number of aromatic nitrogens is 1. The Kier molecular flexibility index (Phi) is 4.00. The number of ether oxygens (including phenoxy) is 1. The molecule has 1 aromatic carbocycles. The van der Waals surface area contributed by atoms with Crippen molar-refractivity contribution < 1.29 is 14.3 Å². The number of amides is 2. The van der Waals surface area contributed by atoms with Crippen molar-refractivity contribution in [3.05, 3.63) is 42.1 Å². The van der Waals surface area contributed by atoms with Crippen LogP contribution in [-0.2, 0) is 9.53 Å². The molecule has 1 N–H and O–H groups in total. The third kappa shape index (κ3) is 2.90. The largest absolute Gasteiger partial charge is 0.362 e. The normalized spacial score (nSPS) is 21.2. The van der Waals surface area contributed by atoms with E-state index in [1.54, 1.807) is 31.1 Å². The minimum Gasteiger partial charge on any atom is -0.362 e. The Bertz CT molecular complexity index is 762. The molecule has 0 aliphatic carbocycles. The average molecular weight is 313 g/mol. The van der Waals surface area contributed by atoms with Gasteiger partial charge in [0.25, 0.3) is 11.8 Å². The van der Waals surface area contributed by atoms with Crippen molar-refractivity contribution >= 4 is 22.7 Å². The molecule has 0 radical (unpaired) electrons. The maximum absolute atomic E-state index is 12.8. The predicted molar refractivity (Wildman–Crippen MR) is 86.1 cm³/mol. The third-order valence-electron chi connectivity index (χ3n) is 4.12. The number of nitrogens with zero attached hydrogens (tertiary/aromatic N) is 2. The van der Waals surface area contributed by atoms with E-state index >= 15 is 0 Å². The maximum Gasteiger partial charge on any atom is 0.254 e. The molecule has 6 heteroatoms. The number of pyridine rings is 1. The fourth-order valence-corrected chi connectivity index (χ4v) is 2.84. The topological polar surface area (TPSA) is 71.5 Å². The van der Waals surface area contributed by atoms with Crippen LogP contribution < -0.4 is 5.32 Å². The summed E-state index contributed by atoms with van der Waals surface area (Å²) in [6.07, 6.45) is 1.72. The van der Waals surface area contributed by atoms with E-state index < -0.39 is 5.60 Å². The summed E-state index contributed by atoms with van der Waals surface area (Å²) >= 11 is 0. The molecule has 1 unspecified atom stereocenters. The molecule has 23 heavy (non-hydrogen) atoms. The monoisotopic (exact) mass is 313 g/mol. The van der Waals surface area contributed by atoms with Crippen LogP contribution >= 0.6 is 0 Å². The van der Waals surface area contributed by atoms with Gasteiger partial charge in [0.15, 0.2) is 5.60 Å². The molecule has 1 aliphatic rings. The lowest BCUT2D eigenvalue weighted by Gasteiger charge is -2.39. The molecular formula is C17H19N3O3. The Morgan fingerprint density at radius 3 is 2.96 bits per heavy atom. The second kappa shape index (κ2) is 5.96. The van der Waals surface area contributed by atoms with Crippen LogP contribution in [0.5, 0.6) is 0 Å². The highest BCUT2D eigenvalue weighted by Gasteiger charge is 2.40. The van der Waals surface area contributed by atoms with Crippen LogP contribution in [0.15, 0.2) is 36.5 Å². The van der Waals surface area contributed by atoms with Crippen LogP contribution in [0.25, 0.3) is 10.9 Å². The number of hydrogen-bond donors (Lipinski definition) is 1. The Morgan fingerprint density at radius 2 is 2.17 bits per heavy atom. The van der Waals surface area contributed by atoms with Gasteiger partial charge in [0.2, 0.25) is 0 Å². The summed E-state index contributed by atoms with van der Waals surface area (Å²) in [5, 5.41) is 3.51. The molecule has 120 valence electrons. The number of likely N-dealkylation sites (N-methyl/N-ethyl adjacent to an activating group) is 1.